The fraction of sp³-hybridized carbons (Fsp3) is 0.286. The highest BCUT2D eigenvalue weighted by molar-refractivity contribution is 7.92. The van der Waals surface area contributed by atoms with Crippen LogP contribution in [-0.4, -0.2) is 30.0 Å². The number of benzene rings is 2. The van der Waals surface area contributed by atoms with E-state index in [0.717, 1.165) is 6.42 Å². The monoisotopic (exact) mass is 442 g/mol. The van der Waals surface area contributed by atoms with Gasteiger partial charge in [0.1, 0.15) is 0 Å². The Balaban J connectivity index is 1.71. The van der Waals surface area contributed by atoms with Crippen LogP contribution in [0.3, 0.4) is 0 Å². The molecule has 0 aliphatic carbocycles. The molecule has 0 bridgehead atoms. The van der Waals surface area contributed by atoms with Gasteiger partial charge in [-0.05, 0) is 55.3 Å². The topological polar surface area (TPSA) is 110 Å². The largest absolute Gasteiger partial charge is 0.316 e. The highest BCUT2D eigenvalue weighted by atomic mass is 32.2. The third kappa shape index (κ3) is 3.52. The first-order valence-corrected chi connectivity index (χ1v) is 11.2. The zero-order valence-electron chi connectivity index (χ0n) is 17.4. The Morgan fingerprint density at radius 2 is 1.48 bits per heavy atom. The number of carbonyl (C=O) groups excluding carboxylic acids is 1. The first-order valence-electron chi connectivity index (χ1n) is 9.74. The smallest absolute Gasteiger partial charge is 0.312 e. The van der Waals surface area contributed by atoms with Crippen molar-refractivity contribution >= 4 is 38.3 Å². The van der Waals surface area contributed by atoms with Crippen molar-refractivity contribution in [1.29, 1.82) is 0 Å². The van der Waals surface area contributed by atoms with Crippen LogP contribution in [0.5, 0.6) is 0 Å². The number of fused-ring (bicyclic) bond motifs is 1. The molecule has 0 unspecified atom stereocenters. The number of rotatable bonds is 4. The van der Waals surface area contributed by atoms with Crippen LogP contribution < -0.4 is 20.7 Å². The predicted molar refractivity (Wildman–Crippen MR) is 118 cm³/mol. The Kier molecular flexibility index (Phi) is 4.97. The van der Waals surface area contributed by atoms with Crippen LogP contribution in [0.4, 0.5) is 11.4 Å². The molecule has 1 aliphatic rings. The highest BCUT2D eigenvalue weighted by Crippen LogP contribution is 2.26. The van der Waals surface area contributed by atoms with Crippen LogP contribution >= 0.6 is 0 Å². The molecule has 1 fully saturated rings. The van der Waals surface area contributed by atoms with E-state index in [2.05, 4.69) is 4.72 Å². The molecule has 1 saturated heterocycles. The SMILES string of the molecule is Cc1cc2c(cc1NS(=O)(=O)c1ccc(N3CCCC3=O)cc1)n(C)c(=O)c(=O)n2C. The summed E-state index contributed by atoms with van der Waals surface area (Å²) in [5.74, 6) is 0.0283. The minimum absolute atomic E-state index is 0.0283. The molecule has 0 atom stereocenters. The number of anilines is 2. The number of sulfonamides is 1. The number of hydrogen-bond acceptors (Lipinski definition) is 5. The van der Waals surface area contributed by atoms with Crippen LogP contribution in [0, 0.1) is 6.92 Å². The number of amides is 1. The zero-order valence-corrected chi connectivity index (χ0v) is 18.2. The molecule has 4 rings (SSSR count). The minimum Gasteiger partial charge on any atom is -0.312 e. The Morgan fingerprint density at radius 1 is 0.903 bits per heavy atom. The second-order valence-corrected chi connectivity index (χ2v) is 9.31. The van der Waals surface area contributed by atoms with Crippen LogP contribution in [-0.2, 0) is 28.9 Å². The van der Waals surface area contributed by atoms with Gasteiger partial charge in [0.2, 0.25) is 5.91 Å². The Labute approximate surface area is 178 Å². The van der Waals surface area contributed by atoms with Crippen molar-refractivity contribution in [2.45, 2.75) is 24.7 Å². The number of aryl methyl sites for hydroxylation is 3. The van der Waals surface area contributed by atoms with Crippen molar-refractivity contribution in [3.8, 4) is 0 Å². The Morgan fingerprint density at radius 3 is 2.03 bits per heavy atom. The molecule has 0 radical (unpaired) electrons. The summed E-state index contributed by atoms with van der Waals surface area (Å²) in [5, 5.41) is 0. The molecule has 10 heteroatoms. The summed E-state index contributed by atoms with van der Waals surface area (Å²) >= 11 is 0. The number of nitrogens with one attached hydrogen (secondary N) is 1. The Hall–Kier alpha value is -3.40. The molecule has 0 saturated carbocycles. The molecule has 3 aromatic rings. The molecule has 1 N–H and O–H groups in total. The van der Waals surface area contributed by atoms with Crippen molar-refractivity contribution in [3.05, 3.63) is 62.7 Å². The second-order valence-electron chi connectivity index (χ2n) is 7.63. The summed E-state index contributed by atoms with van der Waals surface area (Å²) in [7, 11) is -0.937. The summed E-state index contributed by atoms with van der Waals surface area (Å²) in [6, 6.07) is 9.35. The number of carbonyl (C=O) groups is 1. The number of aromatic nitrogens is 2. The van der Waals surface area contributed by atoms with Gasteiger partial charge >= 0.3 is 11.1 Å². The third-order valence-electron chi connectivity index (χ3n) is 5.61. The maximum atomic E-state index is 12.9. The quantitative estimate of drug-likeness (QED) is 0.616. The highest BCUT2D eigenvalue weighted by Gasteiger charge is 2.23. The van der Waals surface area contributed by atoms with Gasteiger partial charge in [0.05, 0.1) is 21.6 Å². The first kappa shape index (κ1) is 20.9. The number of hydrogen-bond donors (Lipinski definition) is 1. The molecular formula is C21H22N4O5S. The molecule has 2 heterocycles. The zero-order chi connectivity index (χ0) is 22.5. The molecule has 162 valence electrons. The maximum absolute atomic E-state index is 12.9. The van der Waals surface area contributed by atoms with Crippen LogP contribution in [0.2, 0.25) is 0 Å². The molecule has 0 spiro atoms. The van der Waals surface area contributed by atoms with Gasteiger partial charge in [-0.1, -0.05) is 0 Å². The third-order valence-corrected chi connectivity index (χ3v) is 6.99. The van der Waals surface area contributed by atoms with Crippen molar-refractivity contribution in [3.63, 3.8) is 0 Å². The molecule has 1 aliphatic heterocycles. The van der Waals surface area contributed by atoms with E-state index < -0.39 is 21.1 Å². The van der Waals surface area contributed by atoms with Crippen molar-refractivity contribution < 1.29 is 13.2 Å². The van der Waals surface area contributed by atoms with E-state index in [9.17, 15) is 22.8 Å². The normalized spacial score (nSPS) is 14.4. The average Bonchev–Trinajstić information content (AvgIpc) is 3.17. The lowest BCUT2D eigenvalue weighted by molar-refractivity contribution is -0.117. The maximum Gasteiger partial charge on any atom is 0.316 e. The van der Waals surface area contributed by atoms with Gasteiger partial charge in [-0.2, -0.15) is 0 Å². The fourth-order valence-corrected chi connectivity index (χ4v) is 4.89. The van der Waals surface area contributed by atoms with E-state index in [1.165, 1.54) is 35.4 Å². The number of nitrogens with zero attached hydrogens (tertiary/aromatic N) is 3. The summed E-state index contributed by atoms with van der Waals surface area (Å²) < 4.78 is 30.9. The molecule has 9 nitrogen and oxygen atoms in total. The molecule has 2 aromatic carbocycles. The van der Waals surface area contributed by atoms with Crippen molar-refractivity contribution in [2.24, 2.45) is 14.1 Å². The summed E-state index contributed by atoms with van der Waals surface area (Å²) in [6.45, 7) is 2.34. The minimum atomic E-state index is -3.91. The molecule has 1 amide bonds. The molecule has 1 aromatic heterocycles. The summed E-state index contributed by atoms with van der Waals surface area (Å²) in [6.07, 6.45) is 1.28. The van der Waals surface area contributed by atoms with E-state index in [-0.39, 0.29) is 10.8 Å². The lowest BCUT2D eigenvalue weighted by Gasteiger charge is -2.17. The second kappa shape index (κ2) is 7.38. The fourth-order valence-electron chi connectivity index (χ4n) is 3.76. The van der Waals surface area contributed by atoms with Gasteiger partial charge in [0, 0.05) is 32.7 Å². The van der Waals surface area contributed by atoms with Crippen LogP contribution in [0.25, 0.3) is 11.0 Å². The van der Waals surface area contributed by atoms with Gasteiger partial charge in [0.25, 0.3) is 10.0 Å². The lowest BCUT2D eigenvalue weighted by atomic mass is 10.1. The van der Waals surface area contributed by atoms with Gasteiger partial charge in [-0.3, -0.25) is 19.1 Å². The Bertz CT molecular complexity index is 1440. The lowest BCUT2D eigenvalue weighted by Crippen LogP contribution is -2.39. The summed E-state index contributed by atoms with van der Waals surface area (Å²) in [5.41, 5.74) is 1.17. The van der Waals surface area contributed by atoms with Gasteiger partial charge in [-0.25, -0.2) is 8.42 Å². The predicted octanol–water partition coefficient (Wildman–Crippen LogP) is 1.47. The van der Waals surface area contributed by atoms with Crippen molar-refractivity contribution in [2.75, 3.05) is 16.2 Å². The average molecular weight is 442 g/mol. The van der Waals surface area contributed by atoms with E-state index in [4.69, 9.17) is 0 Å². The standard InChI is InChI=1S/C21H22N4O5S/c1-13-11-17-18(24(3)21(28)20(27)23(17)2)12-16(13)22-31(29,30)15-8-6-14(7-9-15)25-10-4-5-19(25)26/h6-9,11-12,22H,4-5,10H2,1-3H3. The van der Waals surface area contributed by atoms with Crippen molar-refractivity contribution in [1.82, 2.24) is 9.13 Å². The van der Waals surface area contributed by atoms with Gasteiger partial charge < -0.3 is 14.0 Å². The van der Waals surface area contributed by atoms with E-state index in [0.29, 0.717) is 40.9 Å². The van der Waals surface area contributed by atoms with Crippen LogP contribution in [0.15, 0.2) is 50.9 Å². The van der Waals surface area contributed by atoms with E-state index in [1.54, 1.807) is 36.1 Å². The molecule has 31 heavy (non-hydrogen) atoms. The van der Waals surface area contributed by atoms with Crippen LogP contribution in [0.1, 0.15) is 18.4 Å². The molecular weight excluding hydrogens is 420 g/mol. The van der Waals surface area contributed by atoms with Gasteiger partial charge in [-0.15, -0.1) is 0 Å². The first-order chi connectivity index (χ1) is 14.6. The van der Waals surface area contributed by atoms with E-state index in [1.807, 2.05) is 0 Å². The van der Waals surface area contributed by atoms with Gasteiger partial charge in [0.15, 0.2) is 0 Å². The summed E-state index contributed by atoms with van der Waals surface area (Å²) in [4.78, 5) is 37.8. The van der Waals surface area contributed by atoms with E-state index >= 15 is 0 Å².